The highest BCUT2D eigenvalue weighted by Crippen LogP contribution is 2.28. The van der Waals surface area contributed by atoms with Crippen LogP contribution >= 0.6 is 0 Å². The Hall–Kier alpha value is 0.394. The SMILES string of the molecule is CC(C)(C)N([SiH2]C[SiH3])C1CCCC1. The van der Waals surface area contributed by atoms with E-state index in [2.05, 4.69) is 25.3 Å². The normalized spacial score (nSPS) is 21.2. The fourth-order valence-corrected chi connectivity index (χ4v) is 5.85. The molecule has 0 heterocycles. The van der Waals surface area contributed by atoms with Crippen molar-refractivity contribution >= 4 is 19.9 Å². The zero-order valence-electron chi connectivity index (χ0n) is 9.77. The summed E-state index contributed by atoms with van der Waals surface area (Å²) in [5.74, 6) is 0. The average molecular weight is 215 g/mol. The maximum absolute atomic E-state index is 2.88. The molecule has 1 fully saturated rings. The van der Waals surface area contributed by atoms with Crippen LogP contribution in [0.3, 0.4) is 0 Å². The third-order valence-electron chi connectivity index (χ3n) is 3.09. The van der Waals surface area contributed by atoms with Crippen molar-refractivity contribution < 1.29 is 0 Å². The van der Waals surface area contributed by atoms with E-state index in [9.17, 15) is 0 Å². The molecule has 78 valence electrons. The maximum atomic E-state index is 2.88. The molecule has 0 aliphatic heterocycles. The van der Waals surface area contributed by atoms with Crippen LogP contribution < -0.4 is 0 Å². The number of nitrogens with zero attached hydrogens (tertiary/aromatic N) is 1. The molecule has 0 atom stereocenters. The van der Waals surface area contributed by atoms with Crippen LogP contribution in [0, 0.1) is 0 Å². The van der Waals surface area contributed by atoms with Gasteiger partial charge in [-0.2, -0.15) is 0 Å². The van der Waals surface area contributed by atoms with Gasteiger partial charge < -0.3 is 4.57 Å². The van der Waals surface area contributed by atoms with E-state index < -0.39 is 0 Å². The summed E-state index contributed by atoms with van der Waals surface area (Å²) >= 11 is 0. The van der Waals surface area contributed by atoms with E-state index in [1.807, 2.05) is 0 Å². The monoisotopic (exact) mass is 215 g/mol. The molecule has 1 aliphatic carbocycles. The van der Waals surface area contributed by atoms with E-state index in [0.29, 0.717) is 5.54 Å². The van der Waals surface area contributed by atoms with Gasteiger partial charge in [0.2, 0.25) is 0 Å². The van der Waals surface area contributed by atoms with E-state index in [-0.39, 0.29) is 9.68 Å². The predicted molar refractivity (Wildman–Crippen MR) is 67.1 cm³/mol. The van der Waals surface area contributed by atoms with Gasteiger partial charge in [-0.15, -0.1) is 0 Å². The van der Waals surface area contributed by atoms with Gasteiger partial charge in [-0.3, -0.25) is 0 Å². The van der Waals surface area contributed by atoms with E-state index in [0.717, 1.165) is 6.04 Å². The molecule has 1 saturated carbocycles. The topological polar surface area (TPSA) is 3.24 Å². The second kappa shape index (κ2) is 4.76. The first-order chi connectivity index (χ1) is 6.05. The lowest BCUT2D eigenvalue weighted by molar-refractivity contribution is 0.193. The van der Waals surface area contributed by atoms with Gasteiger partial charge in [0.15, 0.2) is 0 Å². The standard InChI is InChI=1S/C10H25NSi2/c1-10(2,3)11(13-8-12)9-6-4-5-7-9/h9H,4-8,13H2,1-3,12H3. The van der Waals surface area contributed by atoms with Crippen molar-refractivity contribution in [2.75, 3.05) is 0 Å². The van der Waals surface area contributed by atoms with Crippen molar-refractivity contribution in [1.29, 1.82) is 0 Å². The van der Waals surface area contributed by atoms with E-state index in [4.69, 9.17) is 0 Å². The second-order valence-corrected chi connectivity index (χ2v) is 10.4. The largest absolute Gasteiger partial charge is 0.322 e. The minimum atomic E-state index is 0.0971. The Morgan fingerprint density at radius 1 is 1.31 bits per heavy atom. The molecule has 0 radical (unpaired) electrons. The first-order valence-electron chi connectivity index (χ1n) is 5.82. The molecule has 0 aromatic carbocycles. The van der Waals surface area contributed by atoms with Crippen molar-refractivity contribution in [2.24, 2.45) is 0 Å². The summed E-state index contributed by atoms with van der Waals surface area (Å²) in [7, 11) is 1.51. The second-order valence-electron chi connectivity index (χ2n) is 5.30. The molecule has 0 aromatic rings. The van der Waals surface area contributed by atoms with Crippen LogP contribution in [0.4, 0.5) is 0 Å². The third kappa shape index (κ3) is 3.22. The van der Waals surface area contributed by atoms with Gasteiger partial charge in [-0.1, -0.05) is 18.5 Å². The average Bonchev–Trinajstić information content (AvgIpc) is 2.49. The number of rotatable bonds is 3. The molecule has 0 aromatic heterocycles. The Labute approximate surface area is 88.6 Å². The lowest BCUT2D eigenvalue weighted by Gasteiger charge is -2.40. The van der Waals surface area contributed by atoms with Crippen LogP contribution in [-0.2, 0) is 0 Å². The fourth-order valence-electron chi connectivity index (χ4n) is 2.52. The van der Waals surface area contributed by atoms with Crippen LogP contribution in [-0.4, -0.2) is 36.1 Å². The Morgan fingerprint density at radius 3 is 2.23 bits per heavy atom. The zero-order valence-corrected chi connectivity index (χ0v) is 13.2. The summed E-state index contributed by atoms with van der Waals surface area (Å²) in [6.45, 7) is 7.20. The lowest BCUT2D eigenvalue weighted by atomic mass is 10.1. The molecular weight excluding hydrogens is 190 g/mol. The fraction of sp³-hybridized carbons (Fsp3) is 1.00. The molecule has 0 N–H and O–H groups in total. The van der Waals surface area contributed by atoms with Crippen molar-refractivity contribution in [2.45, 2.75) is 63.7 Å². The Kier molecular flexibility index (Phi) is 4.20. The molecule has 0 bridgehead atoms. The van der Waals surface area contributed by atoms with Crippen LogP contribution in [0.5, 0.6) is 0 Å². The van der Waals surface area contributed by atoms with Crippen LogP contribution in [0.15, 0.2) is 0 Å². The van der Waals surface area contributed by atoms with Crippen molar-refractivity contribution in [3.63, 3.8) is 0 Å². The van der Waals surface area contributed by atoms with E-state index >= 15 is 0 Å². The lowest BCUT2D eigenvalue weighted by Crippen LogP contribution is -2.49. The van der Waals surface area contributed by atoms with Gasteiger partial charge >= 0.3 is 0 Å². The van der Waals surface area contributed by atoms with E-state index in [1.165, 1.54) is 35.9 Å². The molecule has 13 heavy (non-hydrogen) atoms. The molecule has 0 saturated heterocycles. The number of hydrogen-bond acceptors (Lipinski definition) is 1. The van der Waals surface area contributed by atoms with Gasteiger partial charge in [0.25, 0.3) is 0 Å². The highest BCUT2D eigenvalue weighted by atomic mass is 28.3. The van der Waals surface area contributed by atoms with Crippen molar-refractivity contribution in [3.05, 3.63) is 0 Å². The molecule has 1 aliphatic rings. The van der Waals surface area contributed by atoms with Crippen LogP contribution in [0.25, 0.3) is 0 Å². The van der Waals surface area contributed by atoms with Gasteiger partial charge in [0, 0.05) is 21.8 Å². The maximum Gasteiger partial charge on any atom is 0.0926 e. The molecule has 1 nitrogen and oxygen atoms in total. The minimum absolute atomic E-state index is 0.0971. The van der Waals surface area contributed by atoms with Crippen LogP contribution in [0.2, 0.25) is 5.67 Å². The van der Waals surface area contributed by atoms with Crippen molar-refractivity contribution in [1.82, 2.24) is 4.57 Å². The molecule has 3 heteroatoms. The van der Waals surface area contributed by atoms with Gasteiger partial charge in [0.05, 0.1) is 9.68 Å². The Bertz CT molecular complexity index is 147. The summed E-state index contributed by atoms with van der Waals surface area (Å²) in [6.07, 6.45) is 5.91. The Morgan fingerprint density at radius 2 is 1.85 bits per heavy atom. The van der Waals surface area contributed by atoms with Crippen molar-refractivity contribution in [3.8, 4) is 0 Å². The molecule has 0 unspecified atom stereocenters. The highest BCUT2D eigenvalue weighted by molar-refractivity contribution is 6.44. The molecule has 1 rings (SSSR count). The first kappa shape index (κ1) is 11.5. The zero-order chi connectivity index (χ0) is 9.90. The van der Waals surface area contributed by atoms with E-state index in [1.54, 1.807) is 5.67 Å². The molecule has 0 spiro atoms. The third-order valence-corrected chi connectivity index (χ3v) is 6.83. The predicted octanol–water partition coefficient (Wildman–Crippen LogP) is 0.854. The first-order valence-corrected chi connectivity index (χ1v) is 8.87. The van der Waals surface area contributed by atoms with Crippen LogP contribution in [0.1, 0.15) is 46.5 Å². The van der Waals surface area contributed by atoms with Gasteiger partial charge in [0.1, 0.15) is 0 Å². The molecule has 0 amide bonds. The quantitative estimate of drug-likeness (QED) is 0.631. The summed E-state index contributed by atoms with van der Waals surface area (Å²) in [4.78, 5) is 0. The summed E-state index contributed by atoms with van der Waals surface area (Å²) in [5.41, 5.74) is 2.01. The van der Waals surface area contributed by atoms with Gasteiger partial charge in [-0.25, -0.2) is 0 Å². The smallest absolute Gasteiger partial charge is 0.0926 e. The molecular formula is C10H25NSi2. The Balaban J connectivity index is 2.55. The minimum Gasteiger partial charge on any atom is -0.322 e. The highest BCUT2D eigenvalue weighted by Gasteiger charge is 2.29. The summed E-state index contributed by atoms with van der Waals surface area (Å²) in [6, 6.07) is 0.959. The van der Waals surface area contributed by atoms with Gasteiger partial charge in [-0.05, 0) is 33.6 Å². The summed E-state index contributed by atoms with van der Waals surface area (Å²) < 4.78 is 2.88. The summed E-state index contributed by atoms with van der Waals surface area (Å²) in [5, 5.41) is 0. The number of hydrogen-bond donors (Lipinski definition) is 0.